The average Bonchev–Trinajstić information content (AvgIpc) is 2.79. The van der Waals surface area contributed by atoms with E-state index in [0.717, 1.165) is 37.4 Å². The minimum absolute atomic E-state index is 0.0663. The van der Waals surface area contributed by atoms with Crippen LogP contribution in [0.3, 0.4) is 0 Å². The van der Waals surface area contributed by atoms with Crippen molar-refractivity contribution in [2.75, 3.05) is 13.2 Å². The SMILES string of the molecule is CCc1csc(C(=O)NC2CCOCC2)c1. The first-order valence-corrected chi connectivity index (χ1v) is 6.63. The Morgan fingerprint density at radius 2 is 2.31 bits per heavy atom. The number of hydrogen-bond acceptors (Lipinski definition) is 3. The molecule has 0 saturated carbocycles. The number of thiophene rings is 1. The molecule has 88 valence electrons. The van der Waals surface area contributed by atoms with Crippen molar-refractivity contribution in [1.82, 2.24) is 5.32 Å². The van der Waals surface area contributed by atoms with Gasteiger partial charge in [0.15, 0.2) is 0 Å². The Balaban J connectivity index is 1.91. The highest BCUT2D eigenvalue weighted by molar-refractivity contribution is 7.12. The van der Waals surface area contributed by atoms with E-state index >= 15 is 0 Å². The molecule has 1 saturated heterocycles. The quantitative estimate of drug-likeness (QED) is 0.878. The van der Waals surface area contributed by atoms with Crippen LogP contribution in [0.2, 0.25) is 0 Å². The van der Waals surface area contributed by atoms with Crippen LogP contribution in [0, 0.1) is 0 Å². The molecule has 1 aromatic heterocycles. The zero-order valence-electron chi connectivity index (χ0n) is 9.49. The molecule has 0 aliphatic carbocycles. The third kappa shape index (κ3) is 2.83. The van der Waals surface area contributed by atoms with Gasteiger partial charge in [-0.2, -0.15) is 0 Å². The number of carbonyl (C=O) groups excluding carboxylic acids is 1. The van der Waals surface area contributed by atoms with Gasteiger partial charge in [-0.1, -0.05) is 6.92 Å². The molecule has 2 rings (SSSR count). The third-order valence-electron chi connectivity index (χ3n) is 2.84. The van der Waals surface area contributed by atoms with Gasteiger partial charge in [-0.05, 0) is 36.3 Å². The van der Waals surface area contributed by atoms with Crippen molar-refractivity contribution in [3.63, 3.8) is 0 Å². The predicted molar refractivity (Wildman–Crippen MR) is 65.0 cm³/mol. The van der Waals surface area contributed by atoms with E-state index in [1.807, 2.05) is 6.07 Å². The number of aryl methyl sites for hydroxylation is 1. The summed E-state index contributed by atoms with van der Waals surface area (Å²) in [5.74, 6) is 0.0663. The molecule has 1 aliphatic heterocycles. The molecular formula is C12H17NO2S. The van der Waals surface area contributed by atoms with E-state index in [2.05, 4.69) is 17.6 Å². The van der Waals surface area contributed by atoms with Crippen molar-refractivity contribution < 1.29 is 9.53 Å². The first kappa shape index (κ1) is 11.6. The normalized spacial score (nSPS) is 17.3. The highest BCUT2D eigenvalue weighted by atomic mass is 32.1. The Morgan fingerprint density at radius 3 is 2.94 bits per heavy atom. The molecule has 0 radical (unpaired) electrons. The van der Waals surface area contributed by atoms with Crippen molar-refractivity contribution >= 4 is 17.2 Å². The highest BCUT2D eigenvalue weighted by Crippen LogP contribution is 2.16. The number of carbonyl (C=O) groups is 1. The van der Waals surface area contributed by atoms with E-state index in [1.165, 1.54) is 16.9 Å². The maximum absolute atomic E-state index is 11.9. The lowest BCUT2D eigenvalue weighted by Gasteiger charge is -2.22. The van der Waals surface area contributed by atoms with Crippen LogP contribution in [0.15, 0.2) is 11.4 Å². The van der Waals surface area contributed by atoms with Gasteiger partial charge in [0.25, 0.3) is 5.91 Å². The lowest BCUT2D eigenvalue weighted by Crippen LogP contribution is -2.38. The maximum atomic E-state index is 11.9. The summed E-state index contributed by atoms with van der Waals surface area (Å²) in [6, 6.07) is 2.27. The van der Waals surface area contributed by atoms with Gasteiger partial charge in [-0.15, -0.1) is 11.3 Å². The largest absolute Gasteiger partial charge is 0.381 e. The van der Waals surface area contributed by atoms with Gasteiger partial charge in [0.1, 0.15) is 0 Å². The van der Waals surface area contributed by atoms with E-state index in [0.29, 0.717) is 0 Å². The summed E-state index contributed by atoms with van der Waals surface area (Å²) in [6.45, 7) is 3.62. The molecule has 1 aliphatic rings. The standard InChI is InChI=1S/C12H17NO2S/c1-2-9-7-11(16-8-9)12(14)13-10-3-5-15-6-4-10/h7-8,10H,2-6H2,1H3,(H,13,14). The smallest absolute Gasteiger partial charge is 0.261 e. The van der Waals surface area contributed by atoms with E-state index < -0.39 is 0 Å². The molecule has 16 heavy (non-hydrogen) atoms. The van der Waals surface area contributed by atoms with Crippen LogP contribution in [-0.4, -0.2) is 25.2 Å². The molecule has 3 nitrogen and oxygen atoms in total. The Kier molecular flexibility index (Phi) is 3.96. The molecule has 1 N–H and O–H groups in total. The van der Waals surface area contributed by atoms with Crippen LogP contribution < -0.4 is 5.32 Å². The van der Waals surface area contributed by atoms with Crippen molar-refractivity contribution in [1.29, 1.82) is 0 Å². The summed E-state index contributed by atoms with van der Waals surface area (Å²) < 4.78 is 5.26. The van der Waals surface area contributed by atoms with Crippen molar-refractivity contribution in [2.45, 2.75) is 32.2 Å². The topological polar surface area (TPSA) is 38.3 Å². The summed E-state index contributed by atoms with van der Waals surface area (Å²) >= 11 is 1.53. The number of hydrogen-bond donors (Lipinski definition) is 1. The van der Waals surface area contributed by atoms with Gasteiger partial charge in [0.05, 0.1) is 4.88 Å². The van der Waals surface area contributed by atoms with Gasteiger partial charge >= 0.3 is 0 Å². The molecule has 1 fully saturated rings. The first-order chi connectivity index (χ1) is 7.79. The van der Waals surface area contributed by atoms with Crippen molar-refractivity contribution in [3.05, 3.63) is 21.9 Å². The van der Waals surface area contributed by atoms with Gasteiger partial charge in [-0.25, -0.2) is 0 Å². The highest BCUT2D eigenvalue weighted by Gasteiger charge is 2.17. The molecule has 0 bridgehead atoms. The molecule has 2 heterocycles. The molecular weight excluding hydrogens is 222 g/mol. The Morgan fingerprint density at radius 1 is 1.56 bits per heavy atom. The minimum atomic E-state index is 0.0663. The van der Waals surface area contributed by atoms with E-state index in [9.17, 15) is 4.79 Å². The van der Waals surface area contributed by atoms with Crippen molar-refractivity contribution in [2.24, 2.45) is 0 Å². The van der Waals surface area contributed by atoms with E-state index in [-0.39, 0.29) is 11.9 Å². The van der Waals surface area contributed by atoms with Crippen LogP contribution in [0.25, 0.3) is 0 Å². The fourth-order valence-electron chi connectivity index (χ4n) is 1.78. The first-order valence-electron chi connectivity index (χ1n) is 5.75. The zero-order valence-corrected chi connectivity index (χ0v) is 10.3. The van der Waals surface area contributed by atoms with Crippen LogP contribution in [0.5, 0.6) is 0 Å². The van der Waals surface area contributed by atoms with E-state index in [4.69, 9.17) is 4.74 Å². The maximum Gasteiger partial charge on any atom is 0.261 e. The molecule has 0 aromatic carbocycles. The van der Waals surface area contributed by atoms with E-state index in [1.54, 1.807) is 0 Å². The minimum Gasteiger partial charge on any atom is -0.381 e. The number of amides is 1. The Hall–Kier alpha value is -0.870. The summed E-state index contributed by atoms with van der Waals surface area (Å²) in [6.07, 6.45) is 2.84. The lowest BCUT2D eigenvalue weighted by atomic mass is 10.1. The Bertz CT molecular complexity index is 356. The van der Waals surface area contributed by atoms with Crippen LogP contribution in [0.1, 0.15) is 35.0 Å². The third-order valence-corrected chi connectivity index (χ3v) is 3.82. The summed E-state index contributed by atoms with van der Waals surface area (Å²) in [5.41, 5.74) is 1.24. The zero-order chi connectivity index (χ0) is 11.4. The molecule has 1 aromatic rings. The number of ether oxygens (including phenoxy) is 1. The molecule has 0 spiro atoms. The average molecular weight is 239 g/mol. The molecule has 0 unspecified atom stereocenters. The van der Waals surface area contributed by atoms with Gasteiger partial charge < -0.3 is 10.1 Å². The number of nitrogens with one attached hydrogen (secondary N) is 1. The lowest BCUT2D eigenvalue weighted by molar-refractivity contribution is 0.0698. The van der Waals surface area contributed by atoms with Crippen LogP contribution in [0.4, 0.5) is 0 Å². The molecule has 1 amide bonds. The fraction of sp³-hybridized carbons (Fsp3) is 0.583. The molecule has 0 atom stereocenters. The second-order valence-corrected chi connectivity index (χ2v) is 4.94. The van der Waals surface area contributed by atoms with Gasteiger partial charge in [-0.3, -0.25) is 4.79 Å². The van der Waals surface area contributed by atoms with Crippen LogP contribution >= 0.6 is 11.3 Å². The number of rotatable bonds is 3. The second-order valence-electron chi connectivity index (χ2n) is 4.03. The second kappa shape index (κ2) is 5.46. The summed E-state index contributed by atoms with van der Waals surface area (Å²) in [7, 11) is 0. The fourth-order valence-corrected chi connectivity index (χ4v) is 2.68. The predicted octanol–water partition coefficient (Wildman–Crippen LogP) is 2.22. The van der Waals surface area contributed by atoms with Gasteiger partial charge in [0.2, 0.25) is 0 Å². The Labute approximate surface area is 99.8 Å². The van der Waals surface area contributed by atoms with Gasteiger partial charge in [0, 0.05) is 19.3 Å². The summed E-state index contributed by atoms with van der Waals surface area (Å²) in [4.78, 5) is 12.7. The monoisotopic (exact) mass is 239 g/mol. The molecule has 4 heteroatoms. The summed E-state index contributed by atoms with van der Waals surface area (Å²) in [5, 5.41) is 5.12. The van der Waals surface area contributed by atoms with Crippen LogP contribution in [-0.2, 0) is 11.2 Å². The van der Waals surface area contributed by atoms with Crippen molar-refractivity contribution in [3.8, 4) is 0 Å².